The molecule has 0 saturated heterocycles. The number of nitrogens with one attached hydrogen (secondary N) is 1. The minimum Gasteiger partial charge on any atom is -0.433 e. The van der Waals surface area contributed by atoms with Crippen LogP contribution in [0.15, 0.2) is 53.1 Å². The number of carbonyl (C=O) groups is 2. The van der Waals surface area contributed by atoms with Gasteiger partial charge in [-0.05, 0) is 48.5 Å². The average molecular weight is 479 g/mol. The van der Waals surface area contributed by atoms with Crippen molar-refractivity contribution in [3.05, 3.63) is 65.0 Å². The van der Waals surface area contributed by atoms with E-state index in [1.165, 1.54) is 29.2 Å². The van der Waals surface area contributed by atoms with Crippen molar-refractivity contribution in [2.24, 2.45) is 0 Å². The standard InChI is InChI=1S/C22H21ClF2N4O4/c1-22(24,25)32-16-10-6-13(7-11-16)19-27-21(33-28-19)17(12-18(30)29(2)3)26-20(31)14-4-8-15(23)9-5-14/h4-11,17H,12H2,1-3H3,(H,26,31)/t17-/m0/s1. The summed E-state index contributed by atoms with van der Waals surface area (Å²) in [5, 5.41) is 7.09. The molecule has 0 spiro atoms. The Hall–Kier alpha value is -3.53. The van der Waals surface area contributed by atoms with E-state index < -0.39 is 18.1 Å². The second-order valence-corrected chi connectivity index (χ2v) is 7.85. The fourth-order valence-corrected chi connectivity index (χ4v) is 2.90. The first-order valence-electron chi connectivity index (χ1n) is 9.79. The lowest BCUT2D eigenvalue weighted by Crippen LogP contribution is -2.33. The molecule has 0 aliphatic carbocycles. The van der Waals surface area contributed by atoms with E-state index >= 15 is 0 Å². The first-order valence-corrected chi connectivity index (χ1v) is 10.2. The molecule has 0 saturated carbocycles. The minimum absolute atomic E-state index is 0.0166. The molecule has 3 rings (SSSR count). The molecule has 11 heteroatoms. The van der Waals surface area contributed by atoms with Gasteiger partial charge < -0.3 is 19.5 Å². The number of halogens is 3. The van der Waals surface area contributed by atoms with Gasteiger partial charge in [0, 0.05) is 37.2 Å². The smallest absolute Gasteiger partial charge is 0.394 e. The Morgan fingerprint density at radius 3 is 2.36 bits per heavy atom. The number of hydrogen-bond acceptors (Lipinski definition) is 6. The number of carbonyl (C=O) groups excluding carboxylic acids is 2. The highest BCUT2D eigenvalue weighted by Gasteiger charge is 2.26. The van der Waals surface area contributed by atoms with Crippen molar-refractivity contribution >= 4 is 23.4 Å². The molecule has 1 N–H and O–H groups in total. The summed E-state index contributed by atoms with van der Waals surface area (Å²) in [5.74, 6) is -0.575. The highest BCUT2D eigenvalue weighted by Crippen LogP contribution is 2.26. The van der Waals surface area contributed by atoms with Gasteiger partial charge in [-0.15, -0.1) is 0 Å². The Morgan fingerprint density at radius 1 is 1.15 bits per heavy atom. The fourth-order valence-electron chi connectivity index (χ4n) is 2.77. The van der Waals surface area contributed by atoms with Crippen molar-refractivity contribution in [1.82, 2.24) is 20.4 Å². The van der Waals surface area contributed by atoms with E-state index in [1.54, 1.807) is 38.4 Å². The first kappa shape index (κ1) is 24.1. The summed E-state index contributed by atoms with van der Waals surface area (Å²) < 4.78 is 35.8. The molecular weight excluding hydrogens is 458 g/mol. The zero-order valence-electron chi connectivity index (χ0n) is 18.0. The Labute approximate surface area is 193 Å². The molecule has 2 amide bonds. The zero-order valence-corrected chi connectivity index (χ0v) is 18.8. The monoisotopic (exact) mass is 478 g/mol. The van der Waals surface area contributed by atoms with E-state index in [2.05, 4.69) is 20.2 Å². The maximum atomic E-state index is 13.0. The van der Waals surface area contributed by atoms with Crippen molar-refractivity contribution < 1.29 is 27.6 Å². The summed E-state index contributed by atoms with van der Waals surface area (Å²) in [4.78, 5) is 30.6. The maximum Gasteiger partial charge on any atom is 0.394 e. The van der Waals surface area contributed by atoms with Crippen LogP contribution in [0.4, 0.5) is 8.78 Å². The third-order valence-electron chi connectivity index (χ3n) is 4.44. The van der Waals surface area contributed by atoms with Crippen LogP contribution in [0, 0.1) is 0 Å². The average Bonchev–Trinajstić information content (AvgIpc) is 3.23. The Morgan fingerprint density at radius 2 is 1.79 bits per heavy atom. The first-order chi connectivity index (χ1) is 15.5. The van der Waals surface area contributed by atoms with Gasteiger partial charge in [-0.25, -0.2) is 0 Å². The Kier molecular flexibility index (Phi) is 7.27. The van der Waals surface area contributed by atoms with E-state index in [-0.39, 0.29) is 29.8 Å². The molecule has 1 aromatic heterocycles. The summed E-state index contributed by atoms with van der Waals surface area (Å²) in [5.41, 5.74) is 0.809. The number of aromatic nitrogens is 2. The third-order valence-corrected chi connectivity index (χ3v) is 4.69. The SMILES string of the molecule is CN(C)C(=O)C[C@H](NC(=O)c1ccc(Cl)cc1)c1nc(-c2ccc(OC(C)(F)F)cc2)no1. The highest BCUT2D eigenvalue weighted by molar-refractivity contribution is 6.30. The topological polar surface area (TPSA) is 97.6 Å². The molecular formula is C22H21ClF2N4O4. The lowest BCUT2D eigenvalue weighted by molar-refractivity contribution is -0.158. The number of benzene rings is 2. The number of rotatable bonds is 8. The molecule has 2 aromatic carbocycles. The number of nitrogens with zero attached hydrogens (tertiary/aromatic N) is 3. The molecule has 174 valence electrons. The van der Waals surface area contributed by atoms with Crippen molar-refractivity contribution in [1.29, 1.82) is 0 Å². The van der Waals surface area contributed by atoms with Crippen LogP contribution in [-0.4, -0.2) is 47.1 Å². The number of amides is 2. The normalized spacial score (nSPS) is 12.2. The van der Waals surface area contributed by atoms with Gasteiger partial charge in [0.25, 0.3) is 5.91 Å². The van der Waals surface area contributed by atoms with E-state index in [4.69, 9.17) is 16.1 Å². The van der Waals surface area contributed by atoms with Gasteiger partial charge in [-0.3, -0.25) is 9.59 Å². The van der Waals surface area contributed by atoms with Gasteiger partial charge in [0.15, 0.2) is 0 Å². The van der Waals surface area contributed by atoms with Gasteiger partial charge in [-0.2, -0.15) is 13.8 Å². The molecule has 0 aliphatic rings. The summed E-state index contributed by atoms with van der Waals surface area (Å²) in [6, 6.07) is 11.0. The van der Waals surface area contributed by atoms with E-state index in [9.17, 15) is 18.4 Å². The summed E-state index contributed by atoms with van der Waals surface area (Å²) in [7, 11) is 3.17. The molecule has 1 atom stereocenters. The second kappa shape index (κ2) is 9.95. The van der Waals surface area contributed by atoms with Crippen LogP contribution >= 0.6 is 11.6 Å². The van der Waals surface area contributed by atoms with Crippen LogP contribution < -0.4 is 10.1 Å². The fraction of sp³-hybridized carbons (Fsp3) is 0.273. The minimum atomic E-state index is -3.31. The molecule has 33 heavy (non-hydrogen) atoms. The molecule has 0 aliphatic heterocycles. The largest absolute Gasteiger partial charge is 0.433 e. The summed E-state index contributed by atoms with van der Waals surface area (Å²) in [6.45, 7) is 0.639. The maximum absolute atomic E-state index is 13.0. The van der Waals surface area contributed by atoms with E-state index in [1.807, 2.05) is 0 Å². The number of hydrogen-bond donors (Lipinski definition) is 1. The van der Waals surface area contributed by atoms with Gasteiger partial charge in [0.05, 0.1) is 6.42 Å². The lowest BCUT2D eigenvalue weighted by Gasteiger charge is -2.17. The van der Waals surface area contributed by atoms with Gasteiger partial charge in [-0.1, -0.05) is 16.8 Å². The van der Waals surface area contributed by atoms with Gasteiger partial charge in [0.2, 0.25) is 17.6 Å². The van der Waals surface area contributed by atoms with Crippen molar-refractivity contribution in [3.63, 3.8) is 0 Å². The van der Waals surface area contributed by atoms with Crippen LogP contribution in [0.1, 0.15) is 35.6 Å². The molecule has 3 aromatic rings. The lowest BCUT2D eigenvalue weighted by atomic mass is 10.1. The summed E-state index contributed by atoms with van der Waals surface area (Å²) in [6.07, 6.45) is -3.43. The van der Waals surface area contributed by atoms with Crippen LogP contribution in [0.3, 0.4) is 0 Å². The molecule has 8 nitrogen and oxygen atoms in total. The third kappa shape index (κ3) is 6.72. The molecule has 0 fully saturated rings. The second-order valence-electron chi connectivity index (χ2n) is 7.42. The zero-order chi connectivity index (χ0) is 24.2. The van der Waals surface area contributed by atoms with Crippen LogP contribution in [0.2, 0.25) is 5.02 Å². The van der Waals surface area contributed by atoms with Crippen molar-refractivity contribution in [2.45, 2.75) is 25.5 Å². The quantitative estimate of drug-likeness (QED) is 0.517. The van der Waals surface area contributed by atoms with E-state index in [0.29, 0.717) is 23.1 Å². The van der Waals surface area contributed by atoms with Crippen molar-refractivity contribution in [2.75, 3.05) is 14.1 Å². The highest BCUT2D eigenvalue weighted by atomic mass is 35.5. The van der Waals surface area contributed by atoms with Crippen molar-refractivity contribution in [3.8, 4) is 17.1 Å². The molecule has 0 unspecified atom stereocenters. The molecule has 1 heterocycles. The van der Waals surface area contributed by atoms with Gasteiger partial charge in [0.1, 0.15) is 11.8 Å². The van der Waals surface area contributed by atoms with Crippen LogP contribution in [0.5, 0.6) is 5.75 Å². The van der Waals surface area contributed by atoms with E-state index in [0.717, 1.165) is 0 Å². The van der Waals surface area contributed by atoms with Gasteiger partial charge >= 0.3 is 6.11 Å². The summed E-state index contributed by atoms with van der Waals surface area (Å²) >= 11 is 5.86. The predicted octanol–water partition coefficient (Wildman–Crippen LogP) is 4.33. The Balaban J connectivity index is 1.81. The molecule has 0 radical (unpaired) electrons. The van der Waals surface area contributed by atoms with Crippen LogP contribution in [-0.2, 0) is 4.79 Å². The number of alkyl halides is 2. The predicted molar refractivity (Wildman–Crippen MR) is 116 cm³/mol. The Bertz CT molecular complexity index is 1110. The molecule has 0 bridgehead atoms. The van der Waals surface area contributed by atoms with Crippen LogP contribution in [0.25, 0.3) is 11.4 Å². The number of ether oxygens (including phenoxy) is 1.